The lowest BCUT2D eigenvalue weighted by molar-refractivity contribution is 0.210. The summed E-state index contributed by atoms with van der Waals surface area (Å²) >= 11 is 0. The van der Waals surface area contributed by atoms with E-state index in [1.807, 2.05) is 0 Å². The van der Waals surface area contributed by atoms with Crippen LogP contribution in [0, 0.1) is 5.82 Å². The minimum Gasteiger partial charge on any atom is -0.399 e. The predicted octanol–water partition coefficient (Wildman–Crippen LogP) is 0.574. The van der Waals surface area contributed by atoms with E-state index in [-0.39, 0.29) is 6.61 Å². The Morgan fingerprint density at radius 3 is 2.54 bits per heavy atom. The summed E-state index contributed by atoms with van der Waals surface area (Å²) in [5.74, 6) is -0.444. The summed E-state index contributed by atoms with van der Waals surface area (Å²) in [7, 11) is 0. The van der Waals surface area contributed by atoms with E-state index in [1.54, 1.807) is 13.0 Å². The molecule has 1 aromatic carbocycles. The Labute approximate surface area is 76.2 Å². The van der Waals surface area contributed by atoms with Crippen molar-refractivity contribution < 1.29 is 9.50 Å². The van der Waals surface area contributed by atoms with Gasteiger partial charge in [-0.15, -0.1) is 0 Å². The summed E-state index contributed by atoms with van der Waals surface area (Å²) in [6, 6.07) is 4.03. The van der Waals surface area contributed by atoms with Crippen LogP contribution in [0.25, 0.3) is 0 Å². The van der Waals surface area contributed by atoms with E-state index >= 15 is 0 Å². The lowest BCUT2D eigenvalue weighted by Crippen LogP contribution is -2.37. The zero-order valence-corrected chi connectivity index (χ0v) is 7.42. The lowest BCUT2D eigenvalue weighted by Gasteiger charge is -2.22. The Kier molecular flexibility index (Phi) is 2.54. The zero-order chi connectivity index (χ0) is 10.1. The number of aliphatic hydroxyl groups excluding tert-OH is 1. The Bertz CT molecular complexity index is 292. The fourth-order valence-corrected chi connectivity index (χ4v) is 1.03. The second-order valence-electron chi connectivity index (χ2n) is 3.35. The van der Waals surface area contributed by atoms with Crippen molar-refractivity contribution in [2.24, 2.45) is 5.73 Å². The first-order chi connectivity index (χ1) is 5.95. The third kappa shape index (κ3) is 2.17. The molecule has 72 valence electrons. The van der Waals surface area contributed by atoms with Gasteiger partial charge in [0.1, 0.15) is 5.82 Å². The number of hydrogen-bond donors (Lipinski definition) is 3. The zero-order valence-electron chi connectivity index (χ0n) is 7.42. The van der Waals surface area contributed by atoms with Gasteiger partial charge < -0.3 is 16.6 Å². The molecule has 0 amide bonds. The maximum absolute atomic E-state index is 12.9. The number of anilines is 1. The molecule has 0 saturated carbocycles. The van der Waals surface area contributed by atoms with Crippen LogP contribution in [0.2, 0.25) is 0 Å². The largest absolute Gasteiger partial charge is 0.399 e. The molecule has 0 aliphatic carbocycles. The molecular formula is C9H13FN2O. The highest BCUT2D eigenvalue weighted by atomic mass is 19.1. The number of hydrogen-bond acceptors (Lipinski definition) is 3. The van der Waals surface area contributed by atoms with Gasteiger partial charge in [0.05, 0.1) is 12.1 Å². The van der Waals surface area contributed by atoms with E-state index in [1.165, 1.54) is 12.1 Å². The van der Waals surface area contributed by atoms with Gasteiger partial charge in [-0.05, 0) is 30.7 Å². The number of nitrogens with two attached hydrogens (primary N) is 2. The number of nitrogen functional groups attached to an aromatic ring is 1. The Morgan fingerprint density at radius 2 is 2.08 bits per heavy atom. The molecule has 0 aromatic heterocycles. The van der Waals surface area contributed by atoms with E-state index < -0.39 is 11.4 Å². The molecule has 3 nitrogen and oxygen atoms in total. The van der Waals surface area contributed by atoms with Crippen molar-refractivity contribution in [3.05, 3.63) is 29.6 Å². The van der Waals surface area contributed by atoms with Crippen molar-refractivity contribution >= 4 is 5.69 Å². The van der Waals surface area contributed by atoms with Crippen molar-refractivity contribution in [1.82, 2.24) is 0 Å². The van der Waals surface area contributed by atoms with Crippen LogP contribution in [-0.4, -0.2) is 11.7 Å². The van der Waals surface area contributed by atoms with Crippen LogP contribution < -0.4 is 11.5 Å². The van der Waals surface area contributed by atoms with Crippen molar-refractivity contribution in [1.29, 1.82) is 0 Å². The van der Waals surface area contributed by atoms with Crippen molar-refractivity contribution in [3.8, 4) is 0 Å². The monoisotopic (exact) mass is 184 g/mol. The SMILES string of the molecule is C[C@@](N)(CO)c1cc(N)cc(F)c1. The van der Waals surface area contributed by atoms with Gasteiger partial charge in [-0.25, -0.2) is 4.39 Å². The Balaban J connectivity index is 3.15. The summed E-state index contributed by atoms with van der Waals surface area (Å²) < 4.78 is 12.9. The van der Waals surface area contributed by atoms with E-state index in [0.717, 1.165) is 0 Å². The second kappa shape index (κ2) is 3.32. The maximum atomic E-state index is 12.9. The molecule has 13 heavy (non-hydrogen) atoms. The van der Waals surface area contributed by atoms with Crippen LogP contribution in [0.1, 0.15) is 12.5 Å². The molecule has 0 bridgehead atoms. The average Bonchev–Trinajstić information content (AvgIpc) is 2.02. The Morgan fingerprint density at radius 1 is 1.46 bits per heavy atom. The fraction of sp³-hybridized carbons (Fsp3) is 0.333. The van der Waals surface area contributed by atoms with Crippen LogP contribution in [0.3, 0.4) is 0 Å². The highest BCUT2D eigenvalue weighted by molar-refractivity contribution is 5.43. The number of halogens is 1. The highest BCUT2D eigenvalue weighted by Crippen LogP contribution is 2.20. The lowest BCUT2D eigenvalue weighted by atomic mass is 9.94. The predicted molar refractivity (Wildman–Crippen MR) is 49.4 cm³/mol. The molecule has 0 radical (unpaired) electrons. The normalized spacial score (nSPS) is 15.4. The van der Waals surface area contributed by atoms with Crippen LogP contribution in [-0.2, 0) is 5.54 Å². The molecule has 0 aliphatic heterocycles. The molecule has 0 heterocycles. The van der Waals surface area contributed by atoms with Crippen LogP contribution in [0.4, 0.5) is 10.1 Å². The van der Waals surface area contributed by atoms with Crippen molar-refractivity contribution in [2.45, 2.75) is 12.5 Å². The molecule has 4 heteroatoms. The number of aliphatic hydroxyl groups is 1. The van der Waals surface area contributed by atoms with Gasteiger partial charge >= 0.3 is 0 Å². The molecular weight excluding hydrogens is 171 g/mol. The highest BCUT2D eigenvalue weighted by Gasteiger charge is 2.20. The van der Waals surface area contributed by atoms with E-state index in [0.29, 0.717) is 11.3 Å². The van der Waals surface area contributed by atoms with Crippen molar-refractivity contribution in [3.63, 3.8) is 0 Å². The Hall–Kier alpha value is -1.13. The average molecular weight is 184 g/mol. The van der Waals surface area contributed by atoms with Gasteiger partial charge in [-0.2, -0.15) is 0 Å². The topological polar surface area (TPSA) is 72.3 Å². The third-order valence-corrected chi connectivity index (χ3v) is 1.91. The first kappa shape index (κ1) is 9.95. The molecule has 0 saturated heterocycles. The summed E-state index contributed by atoms with van der Waals surface area (Å²) in [6.07, 6.45) is 0. The van der Waals surface area contributed by atoms with Gasteiger partial charge in [-0.1, -0.05) is 0 Å². The standard InChI is InChI=1S/C9H13FN2O/c1-9(12,5-13)6-2-7(10)4-8(11)3-6/h2-4,13H,5,11-12H2,1H3/t9-/m1/s1. The van der Waals surface area contributed by atoms with Crippen LogP contribution >= 0.6 is 0 Å². The van der Waals surface area contributed by atoms with Crippen LogP contribution in [0.5, 0.6) is 0 Å². The summed E-state index contributed by atoms with van der Waals surface area (Å²) in [6.45, 7) is 1.36. The molecule has 0 aliphatic rings. The molecule has 1 atom stereocenters. The van der Waals surface area contributed by atoms with E-state index in [4.69, 9.17) is 16.6 Å². The quantitative estimate of drug-likeness (QED) is 0.588. The smallest absolute Gasteiger partial charge is 0.125 e. The summed E-state index contributed by atoms with van der Waals surface area (Å²) in [5.41, 5.74) is 11.0. The second-order valence-corrected chi connectivity index (χ2v) is 3.35. The van der Waals surface area contributed by atoms with E-state index in [2.05, 4.69) is 0 Å². The maximum Gasteiger partial charge on any atom is 0.125 e. The summed E-state index contributed by atoms with van der Waals surface area (Å²) in [5, 5.41) is 8.94. The molecule has 1 rings (SSSR count). The van der Waals surface area contributed by atoms with Gasteiger partial charge in [0, 0.05) is 5.69 Å². The molecule has 5 N–H and O–H groups in total. The molecule has 0 unspecified atom stereocenters. The van der Waals surface area contributed by atoms with Crippen molar-refractivity contribution in [2.75, 3.05) is 12.3 Å². The molecule has 0 spiro atoms. The van der Waals surface area contributed by atoms with Gasteiger partial charge in [-0.3, -0.25) is 0 Å². The third-order valence-electron chi connectivity index (χ3n) is 1.91. The van der Waals surface area contributed by atoms with Gasteiger partial charge in [0.2, 0.25) is 0 Å². The summed E-state index contributed by atoms with van der Waals surface area (Å²) in [4.78, 5) is 0. The molecule has 0 fully saturated rings. The minimum absolute atomic E-state index is 0.254. The first-order valence-corrected chi connectivity index (χ1v) is 3.92. The van der Waals surface area contributed by atoms with Gasteiger partial charge in [0.15, 0.2) is 0 Å². The fourth-order valence-electron chi connectivity index (χ4n) is 1.03. The molecule has 1 aromatic rings. The minimum atomic E-state index is -0.948. The van der Waals surface area contributed by atoms with E-state index in [9.17, 15) is 4.39 Å². The number of benzene rings is 1. The number of rotatable bonds is 2. The first-order valence-electron chi connectivity index (χ1n) is 3.92. The van der Waals surface area contributed by atoms with Crippen LogP contribution in [0.15, 0.2) is 18.2 Å². The van der Waals surface area contributed by atoms with Gasteiger partial charge in [0.25, 0.3) is 0 Å².